The maximum atomic E-state index is 10.1. The molecule has 0 aromatic heterocycles. The monoisotopic (exact) mass is 256 g/mol. The van der Waals surface area contributed by atoms with Gasteiger partial charge in [-0.2, -0.15) is 0 Å². The summed E-state index contributed by atoms with van der Waals surface area (Å²) >= 11 is 0. The molecule has 0 radical (unpaired) electrons. The van der Waals surface area contributed by atoms with Crippen molar-refractivity contribution in [2.75, 3.05) is 32.7 Å². The lowest BCUT2D eigenvalue weighted by Gasteiger charge is -2.37. The summed E-state index contributed by atoms with van der Waals surface area (Å²) in [5.41, 5.74) is 0. The van der Waals surface area contributed by atoms with Gasteiger partial charge < -0.3 is 26.4 Å². The van der Waals surface area contributed by atoms with Gasteiger partial charge in [-0.3, -0.25) is 0 Å². The molecule has 0 saturated carbocycles. The van der Waals surface area contributed by atoms with E-state index in [1.807, 2.05) is 0 Å². The molecule has 2 fully saturated rings. The molecule has 2 rings (SSSR count). The molecular weight excluding hydrogens is 228 g/mol. The van der Waals surface area contributed by atoms with Gasteiger partial charge in [0.15, 0.2) is 0 Å². The maximum absolute atomic E-state index is 10.1. The Balaban J connectivity index is 1.89. The van der Waals surface area contributed by atoms with Crippen molar-refractivity contribution < 1.29 is 5.11 Å². The lowest BCUT2D eigenvalue weighted by molar-refractivity contribution is 0.122. The molecule has 2 aliphatic heterocycles. The van der Waals surface area contributed by atoms with Crippen LogP contribution in [0.15, 0.2) is 0 Å². The summed E-state index contributed by atoms with van der Waals surface area (Å²) in [5.74, 6) is 0. The van der Waals surface area contributed by atoms with Crippen molar-refractivity contribution in [1.29, 1.82) is 0 Å². The molecule has 0 aromatic rings. The van der Waals surface area contributed by atoms with Gasteiger partial charge in [0, 0.05) is 44.3 Å². The molecule has 2 saturated heterocycles. The number of piperazine rings is 1. The van der Waals surface area contributed by atoms with Gasteiger partial charge in [0.05, 0.1) is 6.10 Å². The van der Waals surface area contributed by atoms with Crippen molar-refractivity contribution in [1.82, 2.24) is 21.3 Å². The quantitative estimate of drug-likeness (QED) is 0.418. The van der Waals surface area contributed by atoms with Crippen molar-refractivity contribution in [2.24, 2.45) is 0 Å². The highest BCUT2D eigenvalue weighted by Crippen LogP contribution is 2.11. The van der Waals surface area contributed by atoms with Crippen molar-refractivity contribution in [3.63, 3.8) is 0 Å². The molecule has 2 aliphatic rings. The third-order valence-corrected chi connectivity index (χ3v) is 3.92. The first-order valence-electron chi connectivity index (χ1n) is 7.34. The van der Waals surface area contributed by atoms with Gasteiger partial charge in [-0.25, -0.2) is 0 Å². The second-order valence-corrected chi connectivity index (χ2v) is 5.67. The molecule has 0 bridgehead atoms. The number of hydrogen-bond acceptors (Lipinski definition) is 5. The lowest BCUT2D eigenvalue weighted by atomic mass is 9.96. The Hall–Kier alpha value is -0.200. The average molecular weight is 256 g/mol. The third-order valence-electron chi connectivity index (χ3n) is 3.92. The SMILES string of the molecule is CC1CNCC(C2CC(O)CCCNCCN2)N1. The third kappa shape index (κ3) is 4.48. The first-order valence-corrected chi connectivity index (χ1v) is 7.34. The van der Waals surface area contributed by atoms with Gasteiger partial charge in [-0.1, -0.05) is 0 Å². The van der Waals surface area contributed by atoms with Crippen LogP contribution in [0.4, 0.5) is 0 Å². The summed E-state index contributed by atoms with van der Waals surface area (Å²) in [6, 6.07) is 1.29. The summed E-state index contributed by atoms with van der Waals surface area (Å²) < 4.78 is 0. The van der Waals surface area contributed by atoms with Crippen LogP contribution in [0.25, 0.3) is 0 Å². The molecule has 0 aliphatic carbocycles. The predicted octanol–water partition coefficient (Wildman–Crippen LogP) is -0.971. The molecule has 2 heterocycles. The van der Waals surface area contributed by atoms with Gasteiger partial charge >= 0.3 is 0 Å². The van der Waals surface area contributed by atoms with Crippen LogP contribution < -0.4 is 21.3 Å². The molecule has 0 amide bonds. The molecule has 0 spiro atoms. The Morgan fingerprint density at radius 2 is 1.89 bits per heavy atom. The second kappa shape index (κ2) is 7.40. The van der Waals surface area contributed by atoms with E-state index in [4.69, 9.17) is 0 Å². The Bertz CT molecular complexity index is 239. The highest BCUT2D eigenvalue weighted by atomic mass is 16.3. The normalized spacial score (nSPS) is 40.3. The van der Waals surface area contributed by atoms with Crippen molar-refractivity contribution >= 4 is 0 Å². The van der Waals surface area contributed by atoms with Crippen LogP contribution in [0.2, 0.25) is 0 Å². The fourth-order valence-electron chi connectivity index (χ4n) is 2.93. The number of aliphatic hydroxyl groups is 1. The minimum absolute atomic E-state index is 0.179. The molecule has 5 nitrogen and oxygen atoms in total. The summed E-state index contributed by atoms with van der Waals surface area (Å²) in [4.78, 5) is 0. The van der Waals surface area contributed by atoms with E-state index in [-0.39, 0.29) is 6.10 Å². The average Bonchev–Trinajstić information content (AvgIpc) is 2.36. The van der Waals surface area contributed by atoms with Crippen LogP contribution in [0.3, 0.4) is 0 Å². The van der Waals surface area contributed by atoms with Gasteiger partial charge in [0.1, 0.15) is 0 Å². The zero-order chi connectivity index (χ0) is 12.8. The van der Waals surface area contributed by atoms with Crippen molar-refractivity contribution in [3.8, 4) is 0 Å². The fraction of sp³-hybridized carbons (Fsp3) is 1.00. The Morgan fingerprint density at radius 3 is 2.72 bits per heavy atom. The van der Waals surface area contributed by atoms with Crippen LogP contribution in [0.1, 0.15) is 26.2 Å². The second-order valence-electron chi connectivity index (χ2n) is 5.67. The number of nitrogens with one attached hydrogen (secondary N) is 4. The van der Waals surface area contributed by atoms with Crippen LogP contribution >= 0.6 is 0 Å². The Morgan fingerprint density at radius 1 is 1.00 bits per heavy atom. The molecule has 5 N–H and O–H groups in total. The van der Waals surface area contributed by atoms with Gasteiger partial charge in [0.25, 0.3) is 0 Å². The van der Waals surface area contributed by atoms with E-state index in [0.717, 1.165) is 52.0 Å². The topological polar surface area (TPSA) is 68.3 Å². The predicted molar refractivity (Wildman–Crippen MR) is 73.8 cm³/mol. The number of aliphatic hydroxyl groups excluding tert-OH is 1. The van der Waals surface area contributed by atoms with E-state index in [0.29, 0.717) is 18.1 Å². The van der Waals surface area contributed by atoms with E-state index in [2.05, 4.69) is 28.2 Å². The van der Waals surface area contributed by atoms with Crippen molar-refractivity contribution in [3.05, 3.63) is 0 Å². The maximum Gasteiger partial charge on any atom is 0.0556 e. The Labute approximate surface area is 110 Å². The lowest BCUT2D eigenvalue weighted by Crippen LogP contribution is -2.62. The summed E-state index contributed by atoms with van der Waals surface area (Å²) in [7, 11) is 0. The van der Waals surface area contributed by atoms with E-state index < -0.39 is 0 Å². The molecular formula is C13H28N4O. The standard InChI is InChI=1S/C13H28N4O/c1-10-8-15-9-13(17-10)12-7-11(18)3-2-4-14-5-6-16-12/h10-18H,2-9H2,1H3. The number of hydrogen-bond donors (Lipinski definition) is 5. The van der Waals surface area contributed by atoms with Crippen LogP contribution in [0.5, 0.6) is 0 Å². The zero-order valence-corrected chi connectivity index (χ0v) is 11.4. The Kier molecular flexibility index (Phi) is 5.85. The first-order chi connectivity index (χ1) is 8.75. The summed E-state index contributed by atoms with van der Waals surface area (Å²) in [5, 5.41) is 24.2. The molecule has 0 aromatic carbocycles. The summed E-state index contributed by atoms with van der Waals surface area (Å²) in [6.07, 6.45) is 2.65. The highest BCUT2D eigenvalue weighted by molar-refractivity contribution is 4.91. The smallest absolute Gasteiger partial charge is 0.0556 e. The van der Waals surface area contributed by atoms with Crippen LogP contribution in [-0.4, -0.2) is 62.1 Å². The molecule has 4 atom stereocenters. The van der Waals surface area contributed by atoms with E-state index >= 15 is 0 Å². The van der Waals surface area contributed by atoms with Crippen molar-refractivity contribution in [2.45, 2.75) is 50.4 Å². The minimum Gasteiger partial charge on any atom is -0.393 e. The fourth-order valence-corrected chi connectivity index (χ4v) is 2.93. The van der Waals surface area contributed by atoms with Gasteiger partial charge in [-0.05, 0) is 32.7 Å². The highest BCUT2D eigenvalue weighted by Gasteiger charge is 2.27. The van der Waals surface area contributed by atoms with E-state index in [9.17, 15) is 5.11 Å². The minimum atomic E-state index is -0.179. The van der Waals surface area contributed by atoms with E-state index in [1.165, 1.54) is 0 Å². The van der Waals surface area contributed by atoms with Gasteiger partial charge in [-0.15, -0.1) is 0 Å². The van der Waals surface area contributed by atoms with Gasteiger partial charge in [0.2, 0.25) is 0 Å². The molecule has 106 valence electrons. The molecule has 5 heteroatoms. The largest absolute Gasteiger partial charge is 0.393 e. The molecule has 4 unspecified atom stereocenters. The van der Waals surface area contributed by atoms with Crippen LogP contribution in [-0.2, 0) is 0 Å². The first kappa shape index (κ1) is 14.2. The van der Waals surface area contributed by atoms with Crippen LogP contribution in [0, 0.1) is 0 Å². The zero-order valence-electron chi connectivity index (χ0n) is 11.4. The summed E-state index contributed by atoms with van der Waals surface area (Å²) in [6.45, 7) is 7.24. The van der Waals surface area contributed by atoms with E-state index in [1.54, 1.807) is 0 Å². The molecule has 18 heavy (non-hydrogen) atoms. The number of rotatable bonds is 1.